The molecule has 0 bridgehead atoms. The van der Waals surface area contributed by atoms with E-state index in [1.807, 2.05) is 0 Å². The molecule has 112 valence electrons. The lowest BCUT2D eigenvalue weighted by molar-refractivity contribution is -0.144. The number of aromatic amines is 1. The lowest BCUT2D eigenvalue weighted by Crippen LogP contribution is -2.11. The minimum Gasteiger partial charge on any atom is -0.334 e. The smallest absolute Gasteiger partial charge is 0.334 e. The highest BCUT2D eigenvalue weighted by molar-refractivity contribution is 6.04. The lowest BCUT2D eigenvalue weighted by Gasteiger charge is -2.04. The third-order valence-corrected chi connectivity index (χ3v) is 3.04. The molecule has 0 atom stereocenters. The number of benzene rings is 2. The lowest BCUT2D eigenvalue weighted by atomic mass is 10.2. The molecule has 1 aromatic heterocycles. The zero-order valence-corrected chi connectivity index (χ0v) is 11.1. The predicted molar refractivity (Wildman–Crippen MR) is 75.5 cm³/mol. The van der Waals surface area contributed by atoms with E-state index >= 15 is 0 Å². The van der Waals surface area contributed by atoms with Crippen LogP contribution in [-0.4, -0.2) is 15.9 Å². The van der Waals surface area contributed by atoms with Crippen LogP contribution in [0.2, 0.25) is 0 Å². The predicted octanol–water partition coefficient (Wildman–Crippen LogP) is 3.83. The van der Waals surface area contributed by atoms with Gasteiger partial charge in [-0.25, -0.2) is 4.98 Å². The normalized spacial score (nSPS) is 11.6. The van der Waals surface area contributed by atoms with Crippen LogP contribution in [-0.2, 0) is 6.18 Å². The van der Waals surface area contributed by atoms with E-state index in [9.17, 15) is 18.0 Å². The second kappa shape index (κ2) is 5.18. The summed E-state index contributed by atoms with van der Waals surface area (Å²) in [5, 5.41) is 2.63. The number of anilines is 1. The van der Waals surface area contributed by atoms with Crippen molar-refractivity contribution in [1.82, 2.24) is 9.97 Å². The topological polar surface area (TPSA) is 57.8 Å². The number of hydrogen-bond acceptors (Lipinski definition) is 2. The number of halogens is 3. The first-order valence-corrected chi connectivity index (χ1v) is 6.37. The van der Waals surface area contributed by atoms with Crippen LogP contribution in [0, 0.1) is 0 Å². The Morgan fingerprint density at radius 3 is 2.50 bits per heavy atom. The highest BCUT2D eigenvalue weighted by atomic mass is 19.4. The summed E-state index contributed by atoms with van der Waals surface area (Å²) in [6, 6.07) is 12.9. The molecule has 0 saturated heterocycles. The average molecular weight is 305 g/mol. The second-order valence-corrected chi connectivity index (χ2v) is 4.64. The van der Waals surface area contributed by atoms with E-state index in [1.165, 1.54) is 18.2 Å². The standard InChI is InChI=1S/C15H10F3N3O/c16-15(17,18)14-20-11-7-6-10(8-12(11)21-14)19-13(22)9-4-2-1-3-5-9/h1-8H,(H,19,22)(H,20,21). The first kappa shape index (κ1) is 14.1. The molecule has 0 aliphatic rings. The van der Waals surface area contributed by atoms with Crippen LogP contribution in [0.25, 0.3) is 11.0 Å². The summed E-state index contributed by atoms with van der Waals surface area (Å²) >= 11 is 0. The van der Waals surface area contributed by atoms with Crippen molar-refractivity contribution in [2.75, 3.05) is 5.32 Å². The highest BCUT2D eigenvalue weighted by Gasteiger charge is 2.34. The van der Waals surface area contributed by atoms with E-state index in [-0.39, 0.29) is 16.9 Å². The minimum atomic E-state index is -4.54. The number of nitrogens with one attached hydrogen (secondary N) is 2. The third kappa shape index (κ3) is 2.78. The molecule has 3 rings (SSSR count). The molecule has 1 heterocycles. The summed E-state index contributed by atoms with van der Waals surface area (Å²) in [7, 11) is 0. The van der Waals surface area contributed by atoms with Crippen molar-refractivity contribution in [3.05, 3.63) is 59.9 Å². The van der Waals surface area contributed by atoms with Gasteiger partial charge in [-0.1, -0.05) is 18.2 Å². The number of imidazole rings is 1. The summed E-state index contributed by atoms with van der Waals surface area (Å²) in [5.41, 5.74) is 1.24. The van der Waals surface area contributed by atoms with Crippen LogP contribution in [0.15, 0.2) is 48.5 Å². The number of carbonyl (C=O) groups is 1. The van der Waals surface area contributed by atoms with E-state index in [2.05, 4.69) is 15.3 Å². The maximum Gasteiger partial charge on any atom is 0.449 e. The van der Waals surface area contributed by atoms with E-state index in [1.54, 1.807) is 30.3 Å². The number of fused-ring (bicyclic) bond motifs is 1. The summed E-state index contributed by atoms with van der Waals surface area (Å²) in [5.74, 6) is -1.40. The van der Waals surface area contributed by atoms with Gasteiger partial charge >= 0.3 is 6.18 Å². The van der Waals surface area contributed by atoms with E-state index in [4.69, 9.17) is 0 Å². The van der Waals surface area contributed by atoms with Gasteiger partial charge < -0.3 is 10.3 Å². The minimum absolute atomic E-state index is 0.185. The van der Waals surface area contributed by atoms with E-state index in [0.29, 0.717) is 11.3 Å². The number of hydrogen-bond donors (Lipinski definition) is 2. The summed E-state index contributed by atoms with van der Waals surface area (Å²) in [6.07, 6.45) is -4.54. The van der Waals surface area contributed by atoms with Crippen molar-refractivity contribution in [1.29, 1.82) is 0 Å². The number of nitrogens with zero attached hydrogens (tertiary/aromatic N) is 1. The fourth-order valence-corrected chi connectivity index (χ4v) is 2.01. The van der Waals surface area contributed by atoms with Crippen LogP contribution in [0.1, 0.15) is 16.2 Å². The van der Waals surface area contributed by atoms with Crippen LogP contribution in [0.4, 0.5) is 18.9 Å². The first-order valence-electron chi connectivity index (χ1n) is 6.37. The van der Waals surface area contributed by atoms with Crippen LogP contribution >= 0.6 is 0 Å². The maximum absolute atomic E-state index is 12.6. The Balaban J connectivity index is 1.88. The Morgan fingerprint density at radius 2 is 1.82 bits per heavy atom. The van der Waals surface area contributed by atoms with Crippen molar-refractivity contribution >= 4 is 22.6 Å². The number of aromatic nitrogens is 2. The van der Waals surface area contributed by atoms with Gasteiger partial charge in [-0.15, -0.1) is 0 Å². The zero-order valence-electron chi connectivity index (χ0n) is 11.1. The van der Waals surface area contributed by atoms with Crippen molar-refractivity contribution in [2.45, 2.75) is 6.18 Å². The molecule has 22 heavy (non-hydrogen) atoms. The number of H-pyrrole nitrogens is 1. The molecule has 0 saturated carbocycles. The molecule has 2 N–H and O–H groups in total. The Labute approximate surface area is 123 Å². The van der Waals surface area contributed by atoms with Gasteiger partial charge in [0.05, 0.1) is 11.0 Å². The molecule has 0 radical (unpaired) electrons. The Hall–Kier alpha value is -2.83. The molecule has 3 aromatic rings. The molecule has 0 aliphatic heterocycles. The number of amides is 1. The third-order valence-electron chi connectivity index (χ3n) is 3.04. The van der Waals surface area contributed by atoms with Crippen molar-refractivity contribution in [3.8, 4) is 0 Å². The largest absolute Gasteiger partial charge is 0.449 e. The van der Waals surface area contributed by atoms with Crippen molar-refractivity contribution in [2.24, 2.45) is 0 Å². The molecule has 0 aliphatic carbocycles. The van der Waals surface area contributed by atoms with Gasteiger partial charge in [-0.05, 0) is 30.3 Å². The molecule has 0 fully saturated rings. The van der Waals surface area contributed by atoms with Crippen molar-refractivity contribution in [3.63, 3.8) is 0 Å². The van der Waals surface area contributed by atoms with E-state index in [0.717, 1.165) is 0 Å². The van der Waals surface area contributed by atoms with Gasteiger partial charge in [0, 0.05) is 11.3 Å². The zero-order chi connectivity index (χ0) is 15.7. The Bertz CT molecular complexity index is 825. The van der Waals surface area contributed by atoms with Gasteiger partial charge in [0.2, 0.25) is 5.82 Å². The second-order valence-electron chi connectivity index (χ2n) is 4.64. The van der Waals surface area contributed by atoms with Crippen LogP contribution in [0.3, 0.4) is 0 Å². The SMILES string of the molecule is O=C(Nc1ccc2nc(C(F)(F)F)[nH]c2c1)c1ccccc1. The summed E-state index contributed by atoms with van der Waals surface area (Å²) in [6.45, 7) is 0. The number of alkyl halides is 3. The van der Waals surface area contributed by atoms with E-state index < -0.39 is 12.0 Å². The fourth-order valence-electron chi connectivity index (χ4n) is 2.01. The van der Waals surface area contributed by atoms with Gasteiger partial charge in [0.1, 0.15) is 0 Å². The maximum atomic E-state index is 12.6. The van der Waals surface area contributed by atoms with Gasteiger partial charge in [-0.2, -0.15) is 13.2 Å². The van der Waals surface area contributed by atoms with Gasteiger partial charge in [0.15, 0.2) is 0 Å². The molecular formula is C15H10F3N3O. The quantitative estimate of drug-likeness (QED) is 0.756. The number of rotatable bonds is 2. The molecule has 1 amide bonds. The van der Waals surface area contributed by atoms with Crippen LogP contribution < -0.4 is 5.32 Å². The monoisotopic (exact) mass is 305 g/mol. The van der Waals surface area contributed by atoms with Crippen LogP contribution in [0.5, 0.6) is 0 Å². The molecule has 4 nitrogen and oxygen atoms in total. The highest BCUT2D eigenvalue weighted by Crippen LogP contribution is 2.29. The first-order chi connectivity index (χ1) is 10.4. The number of carbonyl (C=O) groups excluding carboxylic acids is 1. The summed E-state index contributed by atoms with van der Waals surface area (Å²) < 4.78 is 37.8. The molecule has 0 spiro atoms. The van der Waals surface area contributed by atoms with Gasteiger partial charge in [-0.3, -0.25) is 4.79 Å². The summed E-state index contributed by atoms with van der Waals surface area (Å²) in [4.78, 5) is 17.7. The fraction of sp³-hybridized carbons (Fsp3) is 0.0667. The Kier molecular flexibility index (Phi) is 3.32. The molecule has 2 aromatic carbocycles. The molecular weight excluding hydrogens is 295 g/mol. The van der Waals surface area contributed by atoms with Crippen molar-refractivity contribution < 1.29 is 18.0 Å². The Morgan fingerprint density at radius 1 is 1.09 bits per heavy atom. The average Bonchev–Trinajstić information content (AvgIpc) is 2.91. The van der Waals surface area contributed by atoms with Gasteiger partial charge in [0.25, 0.3) is 5.91 Å². The molecule has 7 heteroatoms. The molecule has 0 unspecified atom stereocenters.